The lowest BCUT2D eigenvalue weighted by atomic mass is 9.99. The maximum absolute atomic E-state index is 13.0. The van der Waals surface area contributed by atoms with E-state index in [0.29, 0.717) is 11.5 Å². The molecule has 2 aromatic carbocycles. The van der Waals surface area contributed by atoms with Crippen LogP contribution in [0.25, 0.3) is 0 Å². The number of nitrogens with zero attached hydrogens (tertiary/aromatic N) is 1. The largest absolute Gasteiger partial charge is 0.478 e. The zero-order valence-electron chi connectivity index (χ0n) is 17.3. The highest BCUT2D eigenvalue weighted by Crippen LogP contribution is 2.29. The Balaban J connectivity index is 1.96. The number of aromatic carboxylic acids is 1. The lowest BCUT2D eigenvalue weighted by Crippen LogP contribution is -2.34. The average Bonchev–Trinajstić information content (AvgIpc) is 2.64. The standard InChI is InChI=1S/C22H28N2O4S/c1-14-6-5-9-24(13-14)18-7-8-20(19(12-18)22(25)26)23-29(27,28)21-11-16(3)15(2)10-17(21)4/h7-8,10-12,14,23H,5-6,9,13H2,1-4H3,(H,25,26)/t14-/m0/s1. The summed E-state index contributed by atoms with van der Waals surface area (Å²) >= 11 is 0. The molecule has 1 saturated heterocycles. The minimum Gasteiger partial charge on any atom is -0.478 e. The van der Waals surface area contributed by atoms with Crippen molar-refractivity contribution in [3.8, 4) is 0 Å². The molecule has 1 fully saturated rings. The monoisotopic (exact) mass is 416 g/mol. The molecular formula is C22H28N2O4S. The minimum absolute atomic E-state index is 0.0502. The number of carboxylic acid groups (broad SMARTS) is 1. The maximum Gasteiger partial charge on any atom is 0.337 e. The van der Waals surface area contributed by atoms with Crippen molar-refractivity contribution in [1.29, 1.82) is 0 Å². The van der Waals surface area contributed by atoms with E-state index in [-0.39, 0.29) is 16.1 Å². The summed E-state index contributed by atoms with van der Waals surface area (Å²) in [6, 6.07) is 8.34. The summed E-state index contributed by atoms with van der Waals surface area (Å²) in [5, 5.41) is 9.69. The van der Waals surface area contributed by atoms with Gasteiger partial charge < -0.3 is 10.0 Å². The number of carbonyl (C=O) groups is 1. The van der Waals surface area contributed by atoms with Gasteiger partial charge in [0.1, 0.15) is 0 Å². The molecule has 156 valence electrons. The third kappa shape index (κ3) is 4.56. The first kappa shape index (κ1) is 21.2. The molecule has 29 heavy (non-hydrogen) atoms. The second-order valence-electron chi connectivity index (χ2n) is 8.04. The van der Waals surface area contributed by atoms with E-state index >= 15 is 0 Å². The highest BCUT2D eigenvalue weighted by molar-refractivity contribution is 7.92. The smallest absolute Gasteiger partial charge is 0.337 e. The summed E-state index contributed by atoms with van der Waals surface area (Å²) in [6.07, 6.45) is 2.22. The van der Waals surface area contributed by atoms with Crippen molar-refractivity contribution < 1.29 is 18.3 Å². The summed E-state index contributed by atoms with van der Waals surface area (Å²) in [4.78, 5) is 14.2. The van der Waals surface area contributed by atoms with Crippen LogP contribution in [0.2, 0.25) is 0 Å². The lowest BCUT2D eigenvalue weighted by Gasteiger charge is -2.33. The van der Waals surface area contributed by atoms with Crippen LogP contribution in [0.1, 0.15) is 46.8 Å². The molecule has 6 nitrogen and oxygen atoms in total. The molecule has 2 N–H and O–H groups in total. The number of sulfonamides is 1. The van der Waals surface area contributed by atoms with Gasteiger partial charge in [0.15, 0.2) is 0 Å². The molecule has 0 aliphatic carbocycles. The normalized spacial score (nSPS) is 17.2. The quantitative estimate of drug-likeness (QED) is 0.757. The first-order valence-corrected chi connectivity index (χ1v) is 11.3. The van der Waals surface area contributed by atoms with Crippen LogP contribution < -0.4 is 9.62 Å². The Morgan fingerprint density at radius 3 is 2.45 bits per heavy atom. The average molecular weight is 417 g/mol. The fraction of sp³-hybridized carbons (Fsp3) is 0.409. The third-order valence-electron chi connectivity index (χ3n) is 5.58. The number of benzene rings is 2. The van der Waals surface area contributed by atoms with Crippen LogP contribution in [0.5, 0.6) is 0 Å². The van der Waals surface area contributed by atoms with Gasteiger partial charge in [0.05, 0.1) is 16.1 Å². The Kier molecular flexibility index (Phi) is 5.89. The maximum atomic E-state index is 13.0. The lowest BCUT2D eigenvalue weighted by molar-refractivity contribution is 0.0698. The summed E-state index contributed by atoms with van der Waals surface area (Å²) < 4.78 is 28.4. The van der Waals surface area contributed by atoms with Gasteiger partial charge >= 0.3 is 5.97 Å². The molecule has 0 saturated carbocycles. The van der Waals surface area contributed by atoms with E-state index in [4.69, 9.17) is 0 Å². The fourth-order valence-electron chi connectivity index (χ4n) is 3.84. The van der Waals surface area contributed by atoms with E-state index in [0.717, 1.165) is 42.7 Å². The van der Waals surface area contributed by atoms with Crippen molar-refractivity contribution in [3.63, 3.8) is 0 Å². The summed E-state index contributed by atoms with van der Waals surface area (Å²) in [7, 11) is -3.91. The molecule has 3 rings (SSSR count). The topological polar surface area (TPSA) is 86.7 Å². The molecule has 0 amide bonds. The molecule has 0 unspecified atom stereocenters. The van der Waals surface area contributed by atoms with Gasteiger partial charge in [-0.15, -0.1) is 0 Å². The van der Waals surface area contributed by atoms with Crippen molar-refractivity contribution in [1.82, 2.24) is 0 Å². The second-order valence-corrected chi connectivity index (χ2v) is 9.69. The number of carboxylic acids is 1. The van der Waals surface area contributed by atoms with Crippen molar-refractivity contribution in [2.45, 2.75) is 45.4 Å². The highest BCUT2D eigenvalue weighted by atomic mass is 32.2. The van der Waals surface area contributed by atoms with E-state index in [1.54, 1.807) is 31.2 Å². The molecule has 1 aliphatic heterocycles. The third-order valence-corrected chi connectivity index (χ3v) is 7.09. The van der Waals surface area contributed by atoms with Gasteiger partial charge in [-0.1, -0.05) is 13.0 Å². The summed E-state index contributed by atoms with van der Waals surface area (Å²) in [5.41, 5.74) is 3.32. The molecule has 1 atom stereocenters. The van der Waals surface area contributed by atoms with Crippen LogP contribution in [0.15, 0.2) is 35.2 Å². The summed E-state index contributed by atoms with van der Waals surface area (Å²) in [5.74, 6) is -0.616. The van der Waals surface area contributed by atoms with Crippen molar-refractivity contribution in [3.05, 3.63) is 52.6 Å². The first-order valence-electron chi connectivity index (χ1n) is 9.81. The number of hydrogen-bond acceptors (Lipinski definition) is 4. The molecule has 0 bridgehead atoms. The van der Waals surface area contributed by atoms with E-state index in [1.807, 2.05) is 19.9 Å². The Labute approximate surface area is 172 Å². The van der Waals surface area contributed by atoms with Gasteiger partial charge in [-0.3, -0.25) is 4.72 Å². The van der Waals surface area contributed by atoms with Gasteiger partial charge in [-0.05, 0) is 80.5 Å². The highest BCUT2D eigenvalue weighted by Gasteiger charge is 2.23. The van der Waals surface area contributed by atoms with E-state index < -0.39 is 16.0 Å². The van der Waals surface area contributed by atoms with Crippen molar-refractivity contribution >= 4 is 27.4 Å². The number of piperidine rings is 1. The number of aryl methyl sites for hydroxylation is 3. The SMILES string of the molecule is Cc1cc(C)c(S(=O)(=O)Nc2ccc(N3CCC[C@H](C)C3)cc2C(=O)O)cc1C. The van der Waals surface area contributed by atoms with Gasteiger partial charge in [-0.2, -0.15) is 0 Å². The van der Waals surface area contributed by atoms with E-state index in [2.05, 4.69) is 16.5 Å². The van der Waals surface area contributed by atoms with Crippen LogP contribution in [-0.4, -0.2) is 32.6 Å². The number of hydrogen-bond donors (Lipinski definition) is 2. The molecule has 0 aromatic heterocycles. The Hall–Kier alpha value is -2.54. The predicted octanol–water partition coefficient (Wildman–Crippen LogP) is 4.35. The number of rotatable bonds is 5. The molecular weight excluding hydrogens is 388 g/mol. The molecule has 0 spiro atoms. The van der Waals surface area contributed by atoms with E-state index in [9.17, 15) is 18.3 Å². The van der Waals surface area contributed by atoms with Crippen molar-refractivity contribution in [2.24, 2.45) is 5.92 Å². The summed E-state index contributed by atoms with van der Waals surface area (Å²) in [6.45, 7) is 9.43. The molecule has 0 radical (unpaired) electrons. The molecule has 1 heterocycles. The van der Waals surface area contributed by atoms with Gasteiger partial charge in [0, 0.05) is 18.8 Å². The Bertz CT molecular complexity index is 1050. The zero-order valence-corrected chi connectivity index (χ0v) is 18.1. The van der Waals surface area contributed by atoms with Crippen LogP contribution in [-0.2, 0) is 10.0 Å². The van der Waals surface area contributed by atoms with Crippen LogP contribution >= 0.6 is 0 Å². The molecule has 1 aliphatic rings. The van der Waals surface area contributed by atoms with Crippen LogP contribution in [0.4, 0.5) is 11.4 Å². The van der Waals surface area contributed by atoms with Crippen LogP contribution in [0, 0.1) is 26.7 Å². The minimum atomic E-state index is -3.91. The number of nitrogens with one attached hydrogen (secondary N) is 1. The molecule has 7 heteroatoms. The first-order chi connectivity index (χ1) is 13.6. The Morgan fingerprint density at radius 2 is 1.79 bits per heavy atom. The Morgan fingerprint density at radius 1 is 1.10 bits per heavy atom. The fourth-order valence-corrected chi connectivity index (χ4v) is 5.23. The van der Waals surface area contributed by atoms with Gasteiger partial charge in [0.2, 0.25) is 0 Å². The van der Waals surface area contributed by atoms with Crippen LogP contribution in [0.3, 0.4) is 0 Å². The van der Waals surface area contributed by atoms with Gasteiger partial charge in [-0.25, -0.2) is 13.2 Å². The van der Waals surface area contributed by atoms with E-state index in [1.165, 1.54) is 0 Å². The molecule has 2 aromatic rings. The number of anilines is 2. The van der Waals surface area contributed by atoms with Crippen molar-refractivity contribution in [2.75, 3.05) is 22.7 Å². The zero-order chi connectivity index (χ0) is 21.3. The van der Waals surface area contributed by atoms with Gasteiger partial charge in [0.25, 0.3) is 10.0 Å². The predicted molar refractivity (Wildman–Crippen MR) is 115 cm³/mol. The second kappa shape index (κ2) is 8.06.